The summed E-state index contributed by atoms with van der Waals surface area (Å²) in [5.41, 5.74) is 6.55. The minimum atomic E-state index is -1.47. The zero-order chi connectivity index (χ0) is 27.4. The van der Waals surface area contributed by atoms with Gasteiger partial charge >= 0.3 is 5.97 Å². The van der Waals surface area contributed by atoms with E-state index in [0.717, 1.165) is 0 Å². The highest BCUT2D eigenvalue weighted by Crippen LogP contribution is 2.13. The van der Waals surface area contributed by atoms with E-state index in [0.29, 0.717) is 24.2 Å². The first-order valence-corrected chi connectivity index (χ1v) is 13.1. The molecule has 0 spiro atoms. The number of hydrogen-bond acceptors (Lipinski definition) is 8. The molecular weight excluding hydrogens is 488 g/mol. The molecule has 0 heterocycles. The molecule has 0 saturated carbocycles. The van der Waals surface area contributed by atoms with Crippen molar-refractivity contribution in [2.45, 2.75) is 70.3 Å². The van der Waals surface area contributed by atoms with Crippen LogP contribution in [0.2, 0.25) is 0 Å². The molecule has 0 aliphatic carbocycles. The van der Waals surface area contributed by atoms with Crippen LogP contribution < -0.4 is 21.7 Å². The number of hydrogen-bond donors (Lipinski definition) is 7. The first-order chi connectivity index (χ1) is 16.9. The molecule has 1 rings (SSSR count). The van der Waals surface area contributed by atoms with Crippen LogP contribution in [0.15, 0.2) is 24.3 Å². The number of aliphatic hydroxyl groups excluding tert-OH is 1. The first-order valence-electron chi connectivity index (χ1n) is 11.8. The Hall–Kier alpha value is -2.83. The van der Waals surface area contributed by atoms with Gasteiger partial charge in [0.15, 0.2) is 0 Å². The summed E-state index contributed by atoms with van der Waals surface area (Å²) in [7, 11) is 0. The number of thioether (sulfide) groups is 1. The molecule has 1 aromatic rings. The summed E-state index contributed by atoms with van der Waals surface area (Å²) in [6.07, 6.45) is 1.43. The normalized spacial score (nSPS) is 16.1. The lowest BCUT2D eigenvalue weighted by atomic mass is 9.98. The summed E-state index contributed by atoms with van der Waals surface area (Å²) < 4.78 is 0. The Kier molecular flexibility index (Phi) is 13.3. The Balaban J connectivity index is 3.10. The standard InChI is InChI=1S/C24H38N4O7S/c1-5-13(2)19(24(34)35)27-23(33)20(14(3)29)28-22(32)18(12-15-6-8-16(30)9-7-15)26-21(31)17(25)10-11-36-4/h6-9,13-14,17-20,29-30H,5,10-12,25H2,1-4H3,(H,26,31)(H,27,33)(H,28,32)(H,34,35). The van der Waals surface area contributed by atoms with Gasteiger partial charge in [-0.1, -0.05) is 32.4 Å². The van der Waals surface area contributed by atoms with Gasteiger partial charge in [0.25, 0.3) is 0 Å². The fourth-order valence-electron chi connectivity index (χ4n) is 3.32. The van der Waals surface area contributed by atoms with E-state index in [1.165, 1.54) is 30.8 Å². The van der Waals surface area contributed by atoms with Gasteiger partial charge in [0.2, 0.25) is 17.7 Å². The van der Waals surface area contributed by atoms with Gasteiger partial charge in [-0.15, -0.1) is 0 Å². The van der Waals surface area contributed by atoms with E-state index >= 15 is 0 Å². The lowest BCUT2D eigenvalue weighted by Gasteiger charge is -2.28. The van der Waals surface area contributed by atoms with Gasteiger partial charge in [0.1, 0.15) is 23.9 Å². The maximum absolute atomic E-state index is 13.2. The summed E-state index contributed by atoms with van der Waals surface area (Å²) in [6.45, 7) is 4.73. The van der Waals surface area contributed by atoms with Crippen molar-refractivity contribution in [2.75, 3.05) is 12.0 Å². The number of aliphatic hydroxyl groups is 1. The van der Waals surface area contributed by atoms with Crippen molar-refractivity contribution in [3.63, 3.8) is 0 Å². The zero-order valence-corrected chi connectivity index (χ0v) is 21.9. The van der Waals surface area contributed by atoms with E-state index in [1.807, 2.05) is 6.26 Å². The Morgan fingerprint density at radius 1 is 0.972 bits per heavy atom. The van der Waals surface area contributed by atoms with E-state index < -0.39 is 54.0 Å². The molecule has 202 valence electrons. The molecule has 6 unspecified atom stereocenters. The van der Waals surface area contributed by atoms with E-state index in [-0.39, 0.29) is 18.1 Å². The van der Waals surface area contributed by atoms with Crippen molar-refractivity contribution in [2.24, 2.45) is 11.7 Å². The molecule has 11 nitrogen and oxygen atoms in total. The number of nitrogens with two attached hydrogens (primary N) is 1. The molecule has 1 aromatic carbocycles. The predicted molar refractivity (Wildman–Crippen MR) is 137 cm³/mol. The van der Waals surface area contributed by atoms with E-state index in [1.54, 1.807) is 26.0 Å². The van der Waals surface area contributed by atoms with Crippen LogP contribution in [0.1, 0.15) is 39.2 Å². The third kappa shape index (κ3) is 10.0. The number of carboxylic acid groups (broad SMARTS) is 1. The smallest absolute Gasteiger partial charge is 0.326 e. The molecule has 6 atom stereocenters. The van der Waals surface area contributed by atoms with Crippen LogP contribution in [-0.4, -0.2) is 81.3 Å². The minimum Gasteiger partial charge on any atom is -0.508 e. The van der Waals surface area contributed by atoms with Crippen molar-refractivity contribution in [3.05, 3.63) is 29.8 Å². The van der Waals surface area contributed by atoms with Crippen LogP contribution in [0, 0.1) is 5.92 Å². The number of aromatic hydroxyl groups is 1. The summed E-state index contributed by atoms with van der Waals surface area (Å²) in [5, 5.41) is 36.6. The van der Waals surface area contributed by atoms with Crippen LogP contribution in [-0.2, 0) is 25.6 Å². The summed E-state index contributed by atoms with van der Waals surface area (Å²) >= 11 is 1.52. The fraction of sp³-hybridized carbons (Fsp3) is 0.583. The SMILES string of the molecule is CCC(C)C(NC(=O)C(NC(=O)C(Cc1ccc(O)cc1)NC(=O)C(N)CCSC)C(C)O)C(=O)O. The lowest BCUT2D eigenvalue weighted by molar-refractivity contribution is -0.144. The number of aliphatic carboxylic acids is 1. The van der Waals surface area contributed by atoms with E-state index in [2.05, 4.69) is 16.0 Å². The molecule has 0 aliphatic rings. The number of phenols is 1. The maximum Gasteiger partial charge on any atom is 0.326 e. The van der Waals surface area contributed by atoms with Gasteiger partial charge < -0.3 is 37.0 Å². The second-order valence-electron chi connectivity index (χ2n) is 8.76. The van der Waals surface area contributed by atoms with Crippen molar-refractivity contribution < 1.29 is 34.5 Å². The average Bonchev–Trinajstić information content (AvgIpc) is 2.83. The van der Waals surface area contributed by atoms with E-state index in [9.17, 15) is 34.5 Å². The van der Waals surface area contributed by atoms with Gasteiger partial charge in [0, 0.05) is 6.42 Å². The van der Waals surface area contributed by atoms with Gasteiger partial charge in [-0.3, -0.25) is 14.4 Å². The van der Waals surface area contributed by atoms with Crippen molar-refractivity contribution in [1.82, 2.24) is 16.0 Å². The minimum absolute atomic E-state index is 0.0197. The second kappa shape index (κ2) is 15.3. The summed E-state index contributed by atoms with van der Waals surface area (Å²) in [6, 6.07) is 1.36. The van der Waals surface area contributed by atoms with Crippen LogP contribution in [0.3, 0.4) is 0 Å². The Morgan fingerprint density at radius 3 is 2.06 bits per heavy atom. The molecule has 0 radical (unpaired) electrons. The molecule has 36 heavy (non-hydrogen) atoms. The first kappa shape index (κ1) is 31.2. The molecule has 3 amide bonds. The van der Waals surface area contributed by atoms with Gasteiger partial charge in [-0.25, -0.2) is 4.79 Å². The number of amides is 3. The van der Waals surface area contributed by atoms with Crippen molar-refractivity contribution >= 4 is 35.5 Å². The van der Waals surface area contributed by atoms with Crippen molar-refractivity contribution in [1.29, 1.82) is 0 Å². The van der Waals surface area contributed by atoms with Crippen LogP contribution >= 0.6 is 11.8 Å². The number of benzene rings is 1. The molecule has 0 aromatic heterocycles. The van der Waals surface area contributed by atoms with Gasteiger partial charge in [-0.2, -0.15) is 11.8 Å². The molecule has 12 heteroatoms. The monoisotopic (exact) mass is 526 g/mol. The van der Waals surface area contributed by atoms with Gasteiger partial charge in [0.05, 0.1) is 12.1 Å². The van der Waals surface area contributed by atoms with Crippen LogP contribution in [0.5, 0.6) is 5.75 Å². The number of rotatable bonds is 15. The average molecular weight is 527 g/mol. The number of carbonyl (C=O) groups is 4. The Labute approximate surface area is 215 Å². The zero-order valence-electron chi connectivity index (χ0n) is 21.1. The molecular formula is C24H38N4O7S. The van der Waals surface area contributed by atoms with Gasteiger partial charge in [-0.05, 0) is 49.0 Å². The highest BCUT2D eigenvalue weighted by Gasteiger charge is 2.34. The highest BCUT2D eigenvalue weighted by molar-refractivity contribution is 7.98. The molecule has 0 fully saturated rings. The number of nitrogens with one attached hydrogen (secondary N) is 3. The number of carboxylic acids is 1. The maximum atomic E-state index is 13.2. The number of carbonyl (C=O) groups excluding carboxylic acids is 3. The summed E-state index contributed by atoms with van der Waals surface area (Å²) in [4.78, 5) is 50.3. The Bertz CT molecular complexity index is 882. The second-order valence-corrected chi connectivity index (χ2v) is 9.74. The topological polar surface area (TPSA) is 191 Å². The molecule has 0 aliphatic heterocycles. The molecule has 0 bridgehead atoms. The highest BCUT2D eigenvalue weighted by atomic mass is 32.2. The fourth-order valence-corrected chi connectivity index (χ4v) is 3.81. The summed E-state index contributed by atoms with van der Waals surface area (Å²) in [5.74, 6) is -3.12. The third-order valence-electron chi connectivity index (χ3n) is 5.82. The molecule has 8 N–H and O–H groups in total. The Morgan fingerprint density at radius 2 is 1.56 bits per heavy atom. The third-order valence-corrected chi connectivity index (χ3v) is 6.46. The largest absolute Gasteiger partial charge is 0.508 e. The predicted octanol–water partition coefficient (Wildman–Crippen LogP) is -0.0190. The van der Waals surface area contributed by atoms with E-state index in [4.69, 9.17) is 5.73 Å². The van der Waals surface area contributed by atoms with Crippen molar-refractivity contribution in [3.8, 4) is 5.75 Å². The van der Waals surface area contributed by atoms with Crippen LogP contribution in [0.25, 0.3) is 0 Å². The number of phenolic OH excluding ortho intramolecular Hbond substituents is 1. The lowest BCUT2D eigenvalue weighted by Crippen LogP contribution is -2.60. The molecule has 0 saturated heterocycles. The van der Waals surface area contributed by atoms with Crippen LogP contribution in [0.4, 0.5) is 0 Å². The quantitative estimate of drug-likeness (QED) is 0.165.